The normalized spacial score (nSPS) is 20.5. The van der Waals surface area contributed by atoms with E-state index >= 15 is 0 Å². The van der Waals surface area contributed by atoms with Gasteiger partial charge in [-0.2, -0.15) is 4.31 Å². The van der Waals surface area contributed by atoms with Crippen molar-refractivity contribution in [3.8, 4) is 0 Å². The van der Waals surface area contributed by atoms with Gasteiger partial charge in [-0.15, -0.1) is 0 Å². The molecule has 1 unspecified atom stereocenters. The van der Waals surface area contributed by atoms with Crippen molar-refractivity contribution in [3.05, 3.63) is 28.7 Å². The zero-order valence-corrected chi connectivity index (χ0v) is 12.7. The molecule has 1 aromatic carbocycles. The summed E-state index contributed by atoms with van der Waals surface area (Å²) in [5.74, 6) is 0. The van der Waals surface area contributed by atoms with Crippen LogP contribution in [0.5, 0.6) is 0 Å². The second-order valence-corrected chi connectivity index (χ2v) is 7.12. The molecule has 2 rings (SSSR count). The van der Waals surface area contributed by atoms with E-state index in [1.165, 1.54) is 0 Å². The van der Waals surface area contributed by atoms with E-state index in [-0.39, 0.29) is 6.04 Å². The first-order valence-corrected chi connectivity index (χ1v) is 8.27. The first-order valence-electron chi connectivity index (χ1n) is 6.04. The fourth-order valence-corrected chi connectivity index (χ4v) is 4.53. The van der Waals surface area contributed by atoms with Gasteiger partial charge in [-0.05, 0) is 31.2 Å². The zero-order valence-electron chi connectivity index (χ0n) is 10.3. The smallest absolute Gasteiger partial charge is 0.243 e. The minimum Gasteiger partial charge on any atom is -0.315 e. The maximum Gasteiger partial charge on any atom is 0.243 e. The Morgan fingerprint density at radius 2 is 2.28 bits per heavy atom. The fraction of sp³-hybridized carbons (Fsp3) is 0.500. The number of hydrogen-bond donors (Lipinski definition) is 1. The molecule has 0 bridgehead atoms. The summed E-state index contributed by atoms with van der Waals surface area (Å²) in [4.78, 5) is 0.352. The van der Waals surface area contributed by atoms with Crippen LogP contribution in [0.4, 0.5) is 0 Å². The Hall–Kier alpha value is -0.430. The summed E-state index contributed by atoms with van der Waals surface area (Å²) in [6.07, 6.45) is 0.876. The summed E-state index contributed by atoms with van der Waals surface area (Å²) in [5, 5.41) is 3.21. The number of sulfonamides is 1. The molecule has 4 nitrogen and oxygen atoms in total. The Labute approximate surface area is 117 Å². The van der Waals surface area contributed by atoms with E-state index in [1.54, 1.807) is 22.5 Å². The Balaban J connectivity index is 2.33. The molecule has 0 amide bonds. The molecule has 1 aromatic rings. The van der Waals surface area contributed by atoms with Crippen molar-refractivity contribution in [2.24, 2.45) is 0 Å². The molecule has 1 fully saturated rings. The summed E-state index contributed by atoms with van der Waals surface area (Å²) in [6, 6.07) is 6.94. The maximum atomic E-state index is 12.6. The number of likely N-dealkylation sites (N-methyl/N-ethyl adjacent to an activating group) is 1. The number of halogens is 1. The van der Waals surface area contributed by atoms with Crippen LogP contribution in [0.25, 0.3) is 0 Å². The van der Waals surface area contributed by atoms with Gasteiger partial charge < -0.3 is 5.32 Å². The maximum absolute atomic E-state index is 12.6. The molecule has 0 aliphatic carbocycles. The molecule has 0 radical (unpaired) electrons. The van der Waals surface area contributed by atoms with Crippen molar-refractivity contribution in [3.63, 3.8) is 0 Å². The van der Waals surface area contributed by atoms with Crippen molar-refractivity contribution in [2.45, 2.75) is 24.3 Å². The highest BCUT2D eigenvalue weighted by atomic mass is 79.9. The minimum atomic E-state index is -3.39. The first-order chi connectivity index (χ1) is 8.55. The van der Waals surface area contributed by atoms with Crippen LogP contribution in [0, 0.1) is 0 Å². The van der Waals surface area contributed by atoms with Gasteiger partial charge in [0.05, 0.1) is 4.90 Å². The van der Waals surface area contributed by atoms with Crippen LogP contribution in [0.15, 0.2) is 33.6 Å². The molecule has 1 aliphatic heterocycles. The van der Waals surface area contributed by atoms with Gasteiger partial charge in [0.1, 0.15) is 0 Å². The Bertz CT molecular complexity index is 513. The molecule has 100 valence electrons. The average Bonchev–Trinajstić information content (AvgIpc) is 2.83. The van der Waals surface area contributed by atoms with Crippen LogP contribution in [-0.2, 0) is 10.0 Å². The largest absolute Gasteiger partial charge is 0.315 e. The predicted molar refractivity (Wildman–Crippen MR) is 75.0 cm³/mol. The van der Waals surface area contributed by atoms with Crippen molar-refractivity contribution in [1.29, 1.82) is 0 Å². The molecule has 18 heavy (non-hydrogen) atoms. The Morgan fingerprint density at radius 1 is 1.50 bits per heavy atom. The van der Waals surface area contributed by atoms with Gasteiger partial charge in [0, 0.05) is 23.6 Å². The zero-order chi connectivity index (χ0) is 13.2. The summed E-state index contributed by atoms with van der Waals surface area (Å²) >= 11 is 3.31. The predicted octanol–water partition coefficient (Wildman–Crippen LogP) is 1.82. The van der Waals surface area contributed by atoms with Crippen LogP contribution in [0.1, 0.15) is 13.3 Å². The van der Waals surface area contributed by atoms with Gasteiger partial charge in [0.2, 0.25) is 10.0 Å². The SMILES string of the molecule is CCN(C1CCNC1)S(=O)(=O)c1cccc(Br)c1. The topological polar surface area (TPSA) is 49.4 Å². The van der Waals surface area contributed by atoms with E-state index in [9.17, 15) is 8.42 Å². The second kappa shape index (κ2) is 5.69. The molecule has 0 saturated carbocycles. The summed E-state index contributed by atoms with van der Waals surface area (Å²) in [7, 11) is -3.39. The monoisotopic (exact) mass is 332 g/mol. The molecule has 1 N–H and O–H groups in total. The fourth-order valence-electron chi connectivity index (χ4n) is 2.27. The van der Waals surface area contributed by atoms with E-state index in [2.05, 4.69) is 21.2 Å². The molecule has 1 aliphatic rings. The van der Waals surface area contributed by atoms with Crippen LogP contribution < -0.4 is 5.32 Å². The third kappa shape index (κ3) is 2.77. The van der Waals surface area contributed by atoms with Crippen LogP contribution in [0.3, 0.4) is 0 Å². The second-order valence-electron chi connectivity index (χ2n) is 4.31. The van der Waals surface area contributed by atoms with E-state index in [1.807, 2.05) is 13.0 Å². The van der Waals surface area contributed by atoms with E-state index < -0.39 is 10.0 Å². The first kappa shape index (κ1) is 14.0. The molecule has 1 heterocycles. The van der Waals surface area contributed by atoms with Crippen molar-refractivity contribution in [1.82, 2.24) is 9.62 Å². The van der Waals surface area contributed by atoms with E-state index in [4.69, 9.17) is 0 Å². The quantitative estimate of drug-likeness (QED) is 0.914. The van der Waals surface area contributed by atoms with Gasteiger partial charge >= 0.3 is 0 Å². The number of rotatable bonds is 4. The van der Waals surface area contributed by atoms with Gasteiger partial charge in [-0.1, -0.05) is 28.9 Å². The van der Waals surface area contributed by atoms with E-state index in [0.29, 0.717) is 11.4 Å². The summed E-state index contributed by atoms with van der Waals surface area (Å²) in [6.45, 7) is 4.01. The van der Waals surface area contributed by atoms with Crippen molar-refractivity contribution in [2.75, 3.05) is 19.6 Å². The van der Waals surface area contributed by atoms with Crippen LogP contribution >= 0.6 is 15.9 Å². The van der Waals surface area contributed by atoms with Gasteiger partial charge in [-0.25, -0.2) is 8.42 Å². The molecule has 0 aromatic heterocycles. The highest BCUT2D eigenvalue weighted by molar-refractivity contribution is 9.10. The lowest BCUT2D eigenvalue weighted by atomic mass is 10.3. The third-order valence-corrected chi connectivity index (χ3v) is 5.67. The molecule has 6 heteroatoms. The van der Waals surface area contributed by atoms with Gasteiger partial charge in [-0.3, -0.25) is 0 Å². The number of hydrogen-bond acceptors (Lipinski definition) is 3. The Morgan fingerprint density at radius 3 is 2.83 bits per heavy atom. The highest BCUT2D eigenvalue weighted by Gasteiger charge is 2.31. The highest BCUT2D eigenvalue weighted by Crippen LogP contribution is 2.23. The van der Waals surface area contributed by atoms with Crippen molar-refractivity contribution < 1.29 is 8.42 Å². The van der Waals surface area contributed by atoms with Gasteiger partial charge in [0.25, 0.3) is 0 Å². The average molecular weight is 333 g/mol. The molecule has 1 atom stereocenters. The third-order valence-electron chi connectivity index (χ3n) is 3.16. The number of benzene rings is 1. The molecule has 0 spiro atoms. The minimum absolute atomic E-state index is 0.0685. The lowest BCUT2D eigenvalue weighted by Gasteiger charge is -2.26. The Kier molecular flexibility index (Phi) is 4.42. The summed E-state index contributed by atoms with van der Waals surface area (Å²) < 4.78 is 27.5. The molecular formula is C12H17BrN2O2S. The number of nitrogens with zero attached hydrogens (tertiary/aromatic N) is 1. The number of nitrogens with one attached hydrogen (secondary N) is 1. The lowest BCUT2D eigenvalue weighted by Crippen LogP contribution is -2.41. The van der Waals surface area contributed by atoms with Crippen LogP contribution in [0.2, 0.25) is 0 Å². The molecular weight excluding hydrogens is 316 g/mol. The van der Waals surface area contributed by atoms with E-state index in [0.717, 1.165) is 24.0 Å². The standard InChI is InChI=1S/C12H17BrN2O2S/c1-2-15(11-6-7-14-9-11)18(16,17)12-5-3-4-10(13)8-12/h3-5,8,11,14H,2,6-7,9H2,1H3. The summed E-state index contributed by atoms with van der Waals surface area (Å²) in [5.41, 5.74) is 0. The molecule has 1 saturated heterocycles. The van der Waals surface area contributed by atoms with Gasteiger partial charge in [0.15, 0.2) is 0 Å². The van der Waals surface area contributed by atoms with Crippen molar-refractivity contribution >= 4 is 26.0 Å². The lowest BCUT2D eigenvalue weighted by molar-refractivity contribution is 0.349. The van der Waals surface area contributed by atoms with Crippen LogP contribution in [-0.4, -0.2) is 38.4 Å².